The van der Waals surface area contributed by atoms with Gasteiger partial charge in [-0.05, 0) is 74.3 Å². The Balaban J connectivity index is 1.67. The zero-order valence-corrected chi connectivity index (χ0v) is 17.9. The van der Waals surface area contributed by atoms with E-state index in [0.717, 1.165) is 54.0 Å². The summed E-state index contributed by atoms with van der Waals surface area (Å²) >= 11 is 0. The fourth-order valence-corrected chi connectivity index (χ4v) is 4.72. The number of nitrogens with zero attached hydrogens (tertiary/aromatic N) is 2. The van der Waals surface area contributed by atoms with Crippen molar-refractivity contribution in [3.8, 4) is 23.1 Å². The Morgan fingerprint density at radius 3 is 2.78 bits per heavy atom. The van der Waals surface area contributed by atoms with Crippen molar-refractivity contribution in [3.63, 3.8) is 0 Å². The second kappa shape index (κ2) is 8.25. The van der Waals surface area contributed by atoms with Crippen molar-refractivity contribution in [3.05, 3.63) is 72.0 Å². The number of alkyl halides is 1. The Morgan fingerprint density at radius 2 is 2.09 bits per heavy atom. The summed E-state index contributed by atoms with van der Waals surface area (Å²) < 4.78 is 20.5. The molecular weight excluding hydrogens is 403 g/mol. The highest BCUT2D eigenvalue weighted by Crippen LogP contribution is 2.41. The first-order valence-corrected chi connectivity index (χ1v) is 10.9. The molecular formula is C26H25FN4O. The quantitative estimate of drug-likeness (QED) is 0.622. The predicted molar refractivity (Wildman–Crippen MR) is 123 cm³/mol. The molecule has 1 aliphatic carbocycles. The summed E-state index contributed by atoms with van der Waals surface area (Å²) in [4.78, 5) is 8.41. The highest BCUT2D eigenvalue weighted by Gasteiger charge is 2.42. The molecule has 1 aliphatic heterocycles. The predicted octanol–water partition coefficient (Wildman–Crippen LogP) is 4.62. The molecule has 0 radical (unpaired) electrons. The van der Waals surface area contributed by atoms with E-state index in [0.29, 0.717) is 17.2 Å². The number of hydrogen-bond acceptors (Lipinski definition) is 4. The molecule has 3 aromatic rings. The average Bonchev–Trinajstić information content (AvgIpc) is 3.48. The van der Waals surface area contributed by atoms with Crippen LogP contribution in [0.2, 0.25) is 0 Å². The Hall–Kier alpha value is -3.43. The fraction of sp³-hybridized carbons (Fsp3) is 0.308. The van der Waals surface area contributed by atoms with Crippen molar-refractivity contribution >= 4 is 11.0 Å². The first-order chi connectivity index (χ1) is 15.6. The topological polar surface area (TPSA) is 73.7 Å². The van der Waals surface area contributed by atoms with Crippen LogP contribution in [0.4, 0.5) is 4.39 Å². The van der Waals surface area contributed by atoms with E-state index in [1.54, 1.807) is 25.3 Å². The number of aromatic nitrogens is 2. The number of benzene rings is 1. The molecule has 162 valence electrons. The average molecular weight is 429 g/mol. The summed E-state index contributed by atoms with van der Waals surface area (Å²) in [5, 5.41) is 13.6. The third-order valence-electron chi connectivity index (χ3n) is 6.51. The van der Waals surface area contributed by atoms with E-state index in [-0.39, 0.29) is 0 Å². The molecule has 6 heteroatoms. The molecule has 1 saturated heterocycles. The minimum absolute atomic E-state index is 0.557. The number of H-pyrrole nitrogens is 1. The van der Waals surface area contributed by atoms with Gasteiger partial charge in [-0.2, -0.15) is 5.26 Å². The Labute approximate surface area is 186 Å². The molecule has 32 heavy (non-hydrogen) atoms. The van der Waals surface area contributed by atoms with E-state index in [4.69, 9.17) is 9.72 Å². The largest absolute Gasteiger partial charge is 0.497 e. The maximum atomic E-state index is 15.3. The number of rotatable bonds is 5. The normalized spacial score (nSPS) is 24.7. The maximum Gasteiger partial charge on any atom is 0.145 e. The van der Waals surface area contributed by atoms with Crippen LogP contribution in [-0.4, -0.2) is 36.3 Å². The van der Waals surface area contributed by atoms with Crippen molar-refractivity contribution in [1.29, 1.82) is 5.26 Å². The van der Waals surface area contributed by atoms with Crippen molar-refractivity contribution in [1.82, 2.24) is 15.3 Å². The number of allylic oxidation sites excluding steroid dienone is 4. The van der Waals surface area contributed by atoms with Crippen LogP contribution in [-0.2, 0) is 11.8 Å². The summed E-state index contributed by atoms with van der Waals surface area (Å²) in [6.45, 7) is 2.07. The van der Waals surface area contributed by atoms with Crippen LogP contribution in [0.15, 0.2) is 60.7 Å². The molecule has 0 spiro atoms. The number of hydrogen-bond donors (Lipinski definition) is 2. The summed E-state index contributed by atoms with van der Waals surface area (Å²) in [5.74, 6) is 1.32. The number of nitriles is 1. The molecule has 3 heterocycles. The van der Waals surface area contributed by atoms with Gasteiger partial charge >= 0.3 is 0 Å². The molecule has 1 aromatic carbocycles. The third-order valence-corrected chi connectivity index (χ3v) is 6.51. The number of halogens is 1. The van der Waals surface area contributed by atoms with Gasteiger partial charge in [-0.15, -0.1) is 0 Å². The smallest absolute Gasteiger partial charge is 0.145 e. The number of methoxy groups -OCH3 is 1. The van der Waals surface area contributed by atoms with Crippen LogP contribution in [0.3, 0.4) is 0 Å². The van der Waals surface area contributed by atoms with E-state index in [2.05, 4.69) is 22.4 Å². The second-order valence-corrected chi connectivity index (χ2v) is 8.53. The van der Waals surface area contributed by atoms with Crippen molar-refractivity contribution in [2.24, 2.45) is 5.92 Å². The van der Waals surface area contributed by atoms with E-state index in [9.17, 15) is 5.26 Å². The molecule has 0 bridgehead atoms. The first-order valence-electron chi connectivity index (χ1n) is 10.9. The SMILES string of the molecule is COc1ccc(-c2nc3cc(C[C@H]4CCNC4)[nH]c3cc2C2(C#N)C=CC=CC2F)cc1. The van der Waals surface area contributed by atoms with Gasteiger partial charge in [-0.1, -0.05) is 18.2 Å². The summed E-state index contributed by atoms with van der Waals surface area (Å²) in [5.41, 5.74) is 3.30. The Kier molecular flexibility index (Phi) is 5.28. The lowest BCUT2D eigenvalue weighted by molar-refractivity contribution is 0.322. The zero-order valence-electron chi connectivity index (χ0n) is 17.9. The molecule has 1 fully saturated rings. The standard InChI is InChI=1S/C26H25FN4O/c1-32-20-7-5-18(6-8-20)25-21(26(16-28)10-3-2-4-24(26)27)14-23-22(31-25)13-19(30-23)12-17-9-11-29-15-17/h2-8,10,13-14,17,24,29-30H,9,11-12,15H2,1H3/t17-,24?,26?/m1/s1. The monoisotopic (exact) mass is 428 g/mol. The van der Waals surface area contributed by atoms with Gasteiger partial charge in [0.25, 0.3) is 0 Å². The number of ether oxygens (including phenoxy) is 1. The van der Waals surface area contributed by atoms with Crippen LogP contribution in [0, 0.1) is 17.2 Å². The van der Waals surface area contributed by atoms with Gasteiger partial charge in [0.1, 0.15) is 17.3 Å². The van der Waals surface area contributed by atoms with Crippen LogP contribution in [0.1, 0.15) is 17.7 Å². The third kappa shape index (κ3) is 3.49. The van der Waals surface area contributed by atoms with Gasteiger partial charge in [0.2, 0.25) is 0 Å². The first kappa shape index (κ1) is 20.5. The molecule has 3 atom stereocenters. The highest BCUT2D eigenvalue weighted by molar-refractivity contribution is 5.83. The lowest BCUT2D eigenvalue weighted by Gasteiger charge is -2.29. The van der Waals surface area contributed by atoms with Gasteiger partial charge in [0, 0.05) is 16.8 Å². The molecule has 2 unspecified atom stereocenters. The van der Waals surface area contributed by atoms with Crippen molar-refractivity contribution < 1.29 is 9.13 Å². The van der Waals surface area contributed by atoms with Gasteiger partial charge < -0.3 is 15.0 Å². The molecule has 0 amide bonds. The Morgan fingerprint density at radius 1 is 1.25 bits per heavy atom. The molecule has 2 aromatic heterocycles. The minimum atomic E-state index is -1.47. The van der Waals surface area contributed by atoms with Crippen LogP contribution >= 0.6 is 0 Å². The molecule has 2 aliphatic rings. The fourth-order valence-electron chi connectivity index (χ4n) is 4.72. The lowest BCUT2D eigenvalue weighted by atomic mass is 9.74. The number of fused-ring (bicyclic) bond motifs is 1. The van der Waals surface area contributed by atoms with Crippen LogP contribution in [0.25, 0.3) is 22.3 Å². The lowest BCUT2D eigenvalue weighted by Crippen LogP contribution is -2.34. The van der Waals surface area contributed by atoms with E-state index in [1.807, 2.05) is 30.3 Å². The van der Waals surface area contributed by atoms with Crippen LogP contribution in [0.5, 0.6) is 5.75 Å². The summed E-state index contributed by atoms with van der Waals surface area (Å²) in [6, 6.07) is 13.7. The zero-order chi connectivity index (χ0) is 22.1. The summed E-state index contributed by atoms with van der Waals surface area (Å²) in [7, 11) is 1.61. The highest BCUT2D eigenvalue weighted by atomic mass is 19.1. The van der Waals surface area contributed by atoms with Gasteiger partial charge in [0.15, 0.2) is 0 Å². The minimum Gasteiger partial charge on any atom is -0.497 e. The van der Waals surface area contributed by atoms with Gasteiger partial charge in [0.05, 0.1) is 29.9 Å². The molecule has 5 nitrogen and oxygen atoms in total. The number of pyridine rings is 1. The second-order valence-electron chi connectivity index (χ2n) is 8.53. The van der Waals surface area contributed by atoms with Gasteiger partial charge in [-0.3, -0.25) is 0 Å². The van der Waals surface area contributed by atoms with Crippen LogP contribution < -0.4 is 10.1 Å². The van der Waals surface area contributed by atoms with Crippen molar-refractivity contribution in [2.75, 3.05) is 20.2 Å². The van der Waals surface area contributed by atoms with E-state index in [1.165, 1.54) is 6.08 Å². The number of nitrogens with one attached hydrogen (secondary N) is 2. The molecule has 0 saturated carbocycles. The van der Waals surface area contributed by atoms with Crippen molar-refractivity contribution in [2.45, 2.75) is 24.4 Å². The van der Waals surface area contributed by atoms with E-state index < -0.39 is 11.6 Å². The number of aromatic amines is 1. The molecule has 5 rings (SSSR count). The summed E-state index contributed by atoms with van der Waals surface area (Å²) in [6.07, 6.45) is 7.07. The van der Waals surface area contributed by atoms with Gasteiger partial charge in [-0.25, -0.2) is 9.37 Å². The Bertz CT molecular complexity index is 1230. The van der Waals surface area contributed by atoms with E-state index >= 15 is 4.39 Å². The molecule has 2 N–H and O–H groups in total. The maximum absolute atomic E-state index is 15.3.